The highest BCUT2D eigenvalue weighted by Gasteiger charge is 2.36. The monoisotopic (exact) mass is 674 g/mol. The zero-order chi connectivity index (χ0) is 31.9. The molecule has 234 valence electrons. The van der Waals surface area contributed by atoms with Gasteiger partial charge in [-0.3, -0.25) is 19.2 Å². The van der Waals surface area contributed by atoms with Gasteiger partial charge in [0.15, 0.2) is 5.78 Å². The maximum absolute atomic E-state index is 13.9. The van der Waals surface area contributed by atoms with Crippen LogP contribution in [0.5, 0.6) is 0 Å². The van der Waals surface area contributed by atoms with E-state index in [2.05, 4.69) is 31.9 Å². The molecule has 0 saturated heterocycles. The van der Waals surface area contributed by atoms with Crippen molar-refractivity contribution in [2.75, 3.05) is 11.9 Å². The first-order chi connectivity index (χ1) is 21.7. The van der Waals surface area contributed by atoms with Crippen LogP contribution in [0, 0.1) is 0 Å². The summed E-state index contributed by atoms with van der Waals surface area (Å²) in [5.41, 5.74) is 5.27. The Morgan fingerprint density at radius 3 is 2.38 bits per heavy atom. The molecular weight excluding hydrogens is 640 g/mol. The molecule has 0 unspecified atom stereocenters. The van der Waals surface area contributed by atoms with Crippen LogP contribution in [0.15, 0.2) is 71.2 Å². The number of hydrogen-bond donors (Lipinski definition) is 4. The van der Waals surface area contributed by atoms with E-state index >= 15 is 0 Å². The van der Waals surface area contributed by atoms with Gasteiger partial charge in [0.25, 0.3) is 0 Å². The SMILES string of the molecule is O=C(O)NCC[C@H](NC(=O)[C@@H]1Cc2ccccc2CN1C(=O)CCC(=O)c1ccccc1)C(=O)Nc1ccc2c(c1Br)CCC2. The van der Waals surface area contributed by atoms with Gasteiger partial charge in [0.05, 0.1) is 5.69 Å². The third kappa shape index (κ3) is 7.78. The maximum Gasteiger partial charge on any atom is 0.404 e. The van der Waals surface area contributed by atoms with Crippen LogP contribution in [-0.4, -0.2) is 58.2 Å². The Hall–Kier alpha value is -4.51. The molecule has 5 rings (SSSR count). The fraction of sp³-hybridized carbons (Fsp3) is 0.324. The largest absolute Gasteiger partial charge is 0.465 e. The highest BCUT2D eigenvalue weighted by Crippen LogP contribution is 2.35. The molecule has 4 N–H and O–H groups in total. The minimum absolute atomic E-state index is 0.00310. The Morgan fingerprint density at radius 1 is 0.889 bits per heavy atom. The second-order valence-corrected chi connectivity index (χ2v) is 12.1. The number of rotatable bonds is 11. The Labute approximate surface area is 269 Å². The van der Waals surface area contributed by atoms with Crippen molar-refractivity contribution < 1.29 is 29.1 Å². The number of hydrogen-bond acceptors (Lipinski definition) is 5. The van der Waals surface area contributed by atoms with Crippen LogP contribution in [0.3, 0.4) is 0 Å². The molecular formula is C34H35BrN4O6. The number of carbonyl (C=O) groups is 5. The van der Waals surface area contributed by atoms with Crippen molar-refractivity contribution in [1.82, 2.24) is 15.5 Å². The van der Waals surface area contributed by atoms with Gasteiger partial charge in [-0.2, -0.15) is 0 Å². The van der Waals surface area contributed by atoms with Gasteiger partial charge in [-0.25, -0.2) is 4.79 Å². The number of halogens is 1. The van der Waals surface area contributed by atoms with E-state index in [0.29, 0.717) is 11.3 Å². The van der Waals surface area contributed by atoms with Gasteiger partial charge >= 0.3 is 6.09 Å². The van der Waals surface area contributed by atoms with E-state index < -0.39 is 30.0 Å². The van der Waals surface area contributed by atoms with Gasteiger partial charge in [-0.15, -0.1) is 0 Å². The zero-order valence-electron chi connectivity index (χ0n) is 24.7. The summed E-state index contributed by atoms with van der Waals surface area (Å²) < 4.78 is 0.797. The smallest absolute Gasteiger partial charge is 0.404 e. The van der Waals surface area contributed by atoms with Crippen LogP contribution in [0.2, 0.25) is 0 Å². The van der Waals surface area contributed by atoms with Gasteiger partial charge < -0.3 is 26.0 Å². The Kier molecular flexibility index (Phi) is 10.3. The molecule has 10 nitrogen and oxygen atoms in total. The first-order valence-electron chi connectivity index (χ1n) is 15.0. The summed E-state index contributed by atoms with van der Waals surface area (Å²) in [6.07, 6.45) is 1.81. The van der Waals surface area contributed by atoms with Crippen LogP contribution in [-0.2, 0) is 40.2 Å². The van der Waals surface area contributed by atoms with Crippen molar-refractivity contribution in [3.8, 4) is 0 Å². The number of fused-ring (bicyclic) bond motifs is 2. The van der Waals surface area contributed by atoms with Gasteiger partial charge in [-0.05, 0) is 69.9 Å². The minimum atomic E-state index is -1.24. The molecule has 45 heavy (non-hydrogen) atoms. The number of amides is 4. The van der Waals surface area contributed by atoms with E-state index in [9.17, 15) is 24.0 Å². The minimum Gasteiger partial charge on any atom is -0.465 e. The lowest BCUT2D eigenvalue weighted by atomic mass is 9.92. The van der Waals surface area contributed by atoms with E-state index in [0.717, 1.165) is 40.4 Å². The summed E-state index contributed by atoms with van der Waals surface area (Å²) in [5.74, 6) is -1.54. The summed E-state index contributed by atoms with van der Waals surface area (Å²) in [6, 6.07) is 18.1. The Bertz CT molecular complexity index is 1610. The maximum atomic E-state index is 13.9. The van der Waals surface area contributed by atoms with Crippen molar-refractivity contribution in [3.63, 3.8) is 0 Å². The molecule has 1 heterocycles. The number of ketones is 1. The van der Waals surface area contributed by atoms with Crippen LogP contribution in [0.25, 0.3) is 0 Å². The van der Waals surface area contributed by atoms with Crippen LogP contribution < -0.4 is 16.0 Å². The molecule has 11 heteroatoms. The quantitative estimate of drug-likeness (QED) is 0.218. The topological polar surface area (TPSA) is 145 Å². The lowest BCUT2D eigenvalue weighted by Crippen LogP contribution is -2.56. The number of carbonyl (C=O) groups excluding carboxylic acids is 4. The van der Waals surface area contributed by atoms with E-state index in [1.54, 1.807) is 24.3 Å². The molecule has 3 aromatic rings. The summed E-state index contributed by atoms with van der Waals surface area (Å²) in [6.45, 7) is 0.114. The van der Waals surface area contributed by atoms with Crippen molar-refractivity contribution in [3.05, 3.63) is 99.0 Å². The second-order valence-electron chi connectivity index (χ2n) is 11.3. The number of nitrogens with zero attached hydrogens (tertiary/aromatic N) is 1. The first kappa shape index (κ1) is 31.9. The number of nitrogens with one attached hydrogen (secondary N) is 3. The molecule has 2 atom stereocenters. The van der Waals surface area contributed by atoms with Crippen LogP contribution in [0.1, 0.15) is 58.3 Å². The molecule has 0 aromatic heterocycles. The van der Waals surface area contributed by atoms with E-state index in [1.165, 1.54) is 10.5 Å². The third-order valence-corrected chi connectivity index (χ3v) is 9.25. The second kappa shape index (κ2) is 14.5. The van der Waals surface area contributed by atoms with Crippen molar-refractivity contribution >= 4 is 51.2 Å². The van der Waals surface area contributed by atoms with E-state index in [1.807, 2.05) is 42.5 Å². The summed E-state index contributed by atoms with van der Waals surface area (Å²) >= 11 is 3.61. The normalized spacial score (nSPS) is 15.8. The summed E-state index contributed by atoms with van der Waals surface area (Å²) in [7, 11) is 0. The van der Waals surface area contributed by atoms with Crippen molar-refractivity contribution in [2.45, 2.75) is 63.6 Å². The van der Waals surface area contributed by atoms with Crippen LogP contribution >= 0.6 is 15.9 Å². The van der Waals surface area contributed by atoms with Gasteiger partial charge in [0.2, 0.25) is 17.7 Å². The summed E-state index contributed by atoms with van der Waals surface area (Å²) in [4.78, 5) is 66.2. The standard InChI is InChI=1S/C34H35BrN4O6/c35-31-25-12-6-11-21(25)13-14-26(31)37-32(42)27(17-18-36-34(44)45)38-33(43)28-19-23-9-4-5-10-24(23)20-39(28)30(41)16-15-29(40)22-7-2-1-3-8-22/h1-5,7-10,13-14,27-28,36H,6,11-12,15-20H2,(H,37,42)(H,38,43)(H,44,45)/t27-,28-/m0/s1. The lowest BCUT2D eigenvalue weighted by Gasteiger charge is -2.37. The molecule has 1 aliphatic carbocycles. The molecule has 2 aliphatic rings. The molecule has 0 saturated carbocycles. The van der Waals surface area contributed by atoms with E-state index in [4.69, 9.17) is 5.11 Å². The fourth-order valence-electron chi connectivity index (χ4n) is 5.95. The third-order valence-electron chi connectivity index (χ3n) is 8.35. The fourth-order valence-corrected chi connectivity index (χ4v) is 6.63. The van der Waals surface area contributed by atoms with Crippen molar-refractivity contribution in [1.29, 1.82) is 0 Å². The van der Waals surface area contributed by atoms with E-state index in [-0.39, 0.29) is 50.5 Å². The highest BCUT2D eigenvalue weighted by atomic mass is 79.9. The number of Topliss-reactive ketones (excluding diaryl/α,β-unsaturated/α-hetero) is 1. The Morgan fingerprint density at radius 2 is 1.62 bits per heavy atom. The van der Waals surface area contributed by atoms with Crippen LogP contribution in [0.4, 0.5) is 10.5 Å². The predicted octanol–water partition coefficient (Wildman–Crippen LogP) is 4.64. The molecule has 1 aliphatic heterocycles. The van der Waals surface area contributed by atoms with Crippen molar-refractivity contribution in [2.24, 2.45) is 0 Å². The number of carboxylic acid groups (broad SMARTS) is 1. The Balaban J connectivity index is 1.33. The van der Waals surface area contributed by atoms with Gasteiger partial charge in [0.1, 0.15) is 12.1 Å². The zero-order valence-corrected chi connectivity index (χ0v) is 26.3. The number of benzene rings is 3. The molecule has 0 radical (unpaired) electrons. The molecule has 0 fully saturated rings. The lowest BCUT2D eigenvalue weighted by molar-refractivity contribution is -0.142. The predicted molar refractivity (Wildman–Crippen MR) is 172 cm³/mol. The van der Waals surface area contributed by atoms with Gasteiger partial charge in [0, 0.05) is 42.4 Å². The van der Waals surface area contributed by atoms with Gasteiger partial charge in [-0.1, -0.05) is 60.7 Å². The molecule has 0 spiro atoms. The number of anilines is 1. The average Bonchev–Trinajstić information content (AvgIpc) is 3.53. The first-order valence-corrected chi connectivity index (χ1v) is 15.8. The molecule has 0 bridgehead atoms. The molecule has 3 aromatic carbocycles. The highest BCUT2D eigenvalue weighted by molar-refractivity contribution is 9.10. The average molecular weight is 676 g/mol. The summed E-state index contributed by atoms with van der Waals surface area (Å²) in [5, 5.41) is 17.0. The number of aryl methyl sites for hydroxylation is 1. The molecule has 4 amide bonds.